The smallest absolute Gasteiger partial charge is 0.306 e. The molecule has 4 rings (SSSR count). The zero-order valence-corrected chi connectivity index (χ0v) is 21.1. The average Bonchev–Trinajstić information content (AvgIpc) is 3.04. The summed E-state index contributed by atoms with van der Waals surface area (Å²) < 4.78 is 0. The third-order valence-corrected chi connectivity index (χ3v) is 11.2. The Hall–Kier alpha value is -0.610. The summed E-state index contributed by atoms with van der Waals surface area (Å²) in [7, 11) is 0. The number of fused-ring (bicyclic) bond motifs is 5. The summed E-state index contributed by atoms with van der Waals surface area (Å²) in [5, 5.41) is 30.6. The summed E-state index contributed by atoms with van der Waals surface area (Å²) in [5.41, 5.74) is -0.175. The zero-order valence-electron chi connectivity index (χ0n) is 21.1. The van der Waals surface area contributed by atoms with Crippen molar-refractivity contribution in [1.29, 1.82) is 0 Å². The molecule has 32 heavy (non-hydrogen) atoms. The van der Waals surface area contributed by atoms with E-state index in [0.717, 1.165) is 38.0 Å². The molecule has 0 aromatic rings. The predicted octanol–water partition coefficient (Wildman–Crippen LogP) is 5.89. The maximum absolute atomic E-state index is 12.4. The molecule has 0 heterocycles. The summed E-state index contributed by atoms with van der Waals surface area (Å²) in [5.74, 6) is 2.39. The quantitative estimate of drug-likeness (QED) is 0.473. The SMILES string of the molecule is C[C@H](CCCC(C)(C)O)[C@H]1CC[C@H]2[C@@H]3CC(C(=O)O)[C@H]4C[C@@H](O)CC[C@]4(C)[C@H]3CC[C@]12C. The lowest BCUT2D eigenvalue weighted by Crippen LogP contribution is -2.58. The molecule has 4 saturated carbocycles. The van der Waals surface area contributed by atoms with Gasteiger partial charge in [-0.1, -0.05) is 33.6 Å². The fourth-order valence-electron chi connectivity index (χ4n) is 9.63. The molecule has 0 bridgehead atoms. The van der Waals surface area contributed by atoms with Crippen molar-refractivity contribution in [3.63, 3.8) is 0 Å². The maximum Gasteiger partial charge on any atom is 0.306 e. The molecule has 10 atom stereocenters. The first-order valence-electron chi connectivity index (χ1n) is 13.5. The number of carbonyl (C=O) groups is 1. The molecule has 0 aliphatic heterocycles. The summed E-state index contributed by atoms with van der Waals surface area (Å²) >= 11 is 0. The molecule has 4 aliphatic rings. The summed E-state index contributed by atoms with van der Waals surface area (Å²) in [6.07, 6.45) is 11.2. The lowest BCUT2D eigenvalue weighted by molar-refractivity contribution is -0.175. The van der Waals surface area contributed by atoms with Crippen molar-refractivity contribution >= 4 is 5.97 Å². The van der Waals surface area contributed by atoms with Gasteiger partial charge in [0.15, 0.2) is 0 Å². The minimum atomic E-state index is -0.629. The summed E-state index contributed by atoms with van der Waals surface area (Å²) in [4.78, 5) is 12.4. The second kappa shape index (κ2) is 8.56. The van der Waals surface area contributed by atoms with Gasteiger partial charge < -0.3 is 15.3 Å². The van der Waals surface area contributed by atoms with E-state index < -0.39 is 11.6 Å². The van der Waals surface area contributed by atoms with E-state index in [4.69, 9.17) is 0 Å². The number of aliphatic hydroxyl groups is 2. The standard InChI is InChI=1S/C28H48O4/c1-17(7-6-12-26(2,3)32)21-8-9-22-19-16-20(25(30)31)24-15-18(29)10-13-28(24,5)23(19)11-14-27(21,22)4/h17-24,29,32H,6-16H2,1-5H3,(H,30,31)/t17-,18+,19+,20?,21-,22+,23+,24-,27-,28-/m1/s1. The number of carboxylic acid groups (broad SMARTS) is 1. The number of hydrogen-bond donors (Lipinski definition) is 3. The molecule has 0 spiro atoms. The first kappa shape index (κ1) is 24.5. The molecule has 1 unspecified atom stereocenters. The average molecular weight is 449 g/mol. The van der Waals surface area contributed by atoms with Crippen LogP contribution in [-0.4, -0.2) is 33.0 Å². The molecular weight excluding hydrogens is 400 g/mol. The lowest BCUT2D eigenvalue weighted by Gasteiger charge is -2.62. The van der Waals surface area contributed by atoms with Gasteiger partial charge in [0.1, 0.15) is 0 Å². The van der Waals surface area contributed by atoms with Crippen LogP contribution in [0, 0.1) is 52.3 Å². The van der Waals surface area contributed by atoms with Crippen LogP contribution in [0.4, 0.5) is 0 Å². The van der Waals surface area contributed by atoms with E-state index in [1.807, 2.05) is 13.8 Å². The van der Waals surface area contributed by atoms with Crippen LogP contribution in [0.25, 0.3) is 0 Å². The molecule has 0 amide bonds. The van der Waals surface area contributed by atoms with E-state index in [-0.39, 0.29) is 23.4 Å². The van der Waals surface area contributed by atoms with E-state index >= 15 is 0 Å². The highest BCUT2D eigenvalue weighted by atomic mass is 16.4. The Labute approximate surface area is 195 Å². The van der Waals surface area contributed by atoms with Gasteiger partial charge in [0.05, 0.1) is 17.6 Å². The van der Waals surface area contributed by atoms with E-state index in [0.29, 0.717) is 35.5 Å². The van der Waals surface area contributed by atoms with Gasteiger partial charge in [-0.25, -0.2) is 0 Å². The van der Waals surface area contributed by atoms with Crippen molar-refractivity contribution in [3.8, 4) is 0 Å². The van der Waals surface area contributed by atoms with Gasteiger partial charge in [0, 0.05) is 0 Å². The Morgan fingerprint density at radius 1 is 1.00 bits per heavy atom. The van der Waals surface area contributed by atoms with Gasteiger partial charge in [0.25, 0.3) is 0 Å². The van der Waals surface area contributed by atoms with Crippen LogP contribution in [0.1, 0.15) is 105 Å². The molecule has 184 valence electrons. The van der Waals surface area contributed by atoms with E-state index in [1.165, 1.54) is 32.1 Å². The molecule has 4 heteroatoms. The van der Waals surface area contributed by atoms with Crippen molar-refractivity contribution in [1.82, 2.24) is 0 Å². The largest absolute Gasteiger partial charge is 0.481 e. The molecule has 0 aromatic heterocycles. The minimum Gasteiger partial charge on any atom is -0.481 e. The number of aliphatic hydroxyl groups excluding tert-OH is 1. The van der Waals surface area contributed by atoms with Gasteiger partial charge in [-0.3, -0.25) is 4.79 Å². The first-order valence-corrected chi connectivity index (χ1v) is 13.5. The van der Waals surface area contributed by atoms with Gasteiger partial charge in [-0.05, 0) is 118 Å². The van der Waals surface area contributed by atoms with Gasteiger partial charge >= 0.3 is 5.97 Å². The second-order valence-corrected chi connectivity index (χ2v) is 13.5. The highest BCUT2D eigenvalue weighted by Gasteiger charge is 2.63. The van der Waals surface area contributed by atoms with Crippen LogP contribution in [0.3, 0.4) is 0 Å². The normalized spacial score (nSPS) is 47.3. The third-order valence-electron chi connectivity index (χ3n) is 11.2. The predicted molar refractivity (Wildman–Crippen MR) is 127 cm³/mol. The van der Waals surface area contributed by atoms with Crippen LogP contribution in [-0.2, 0) is 4.79 Å². The molecule has 3 N–H and O–H groups in total. The molecule has 0 saturated heterocycles. The Balaban J connectivity index is 1.53. The van der Waals surface area contributed by atoms with Crippen molar-refractivity contribution in [2.24, 2.45) is 52.3 Å². The fourth-order valence-corrected chi connectivity index (χ4v) is 9.63. The Morgan fingerprint density at radius 3 is 2.31 bits per heavy atom. The van der Waals surface area contributed by atoms with E-state index in [1.54, 1.807) is 0 Å². The fraction of sp³-hybridized carbons (Fsp3) is 0.964. The lowest BCUT2D eigenvalue weighted by atomic mass is 9.42. The number of hydrogen-bond acceptors (Lipinski definition) is 3. The van der Waals surface area contributed by atoms with Crippen LogP contribution in [0.2, 0.25) is 0 Å². The van der Waals surface area contributed by atoms with Crippen molar-refractivity contribution in [2.45, 2.75) is 117 Å². The Kier molecular flexibility index (Phi) is 6.55. The summed E-state index contributed by atoms with van der Waals surface area (Å²) in [6, 6.07) is 0. The van der Waals surface area contributed by atoms with Gasteiger partial charge in [-0.2, -0.15) is 0 Å². The monoisotopic (exact) mass is 448 g/mol. The van der Waals surface area contributed by atoms with Crippen LogP contribution in [0.15, 0.2) is 0 Å². The van der Waals surface area contributed by atoms with Crippen molar-refractivity contribution in [3.05, 3.63) is 0 Å². The Bertz CT molecular complexity index is 698. The molecule has 4 fully saturated rings. The highest BCUT2D eigenvalue weighted by Crippen LogP contribution is 2.69. The van der Waals surface area contributed by atoms with E-state index in [9.17, 15) is 20.1 Å². The number of carboxylic acids is 1. The second-order valence-electron chi connectivity index (χ2n) is 13.5. The van der Waals surface area contributed by atoms with Crippen LogP contribution in [0.5, 0.6) is 0 Å². The Morgan fingerprint density at radius 2 is 1.66 bits per heavy atom. The number of rotatable bonds is 6. The van der Waals surface area contributed by atoms with Crippen molar-refractivity contribution in [2.75, 3.05) is 0 Å². The van der Waals surface area contributed by atoms with Crippen molar-refractivity contribution < 1.29 is 20.1 Å². The molecule has 0 radical (unpaired) electrons. The highest BCUT2D eigenvalue weighted by molar-refractivity contribution is 5.71. The molecule has 4 nitrogen and oxygen atoms in total. The molecular formula is C28H48O4. The van der Waals surface area contributed by atoms with Crippen LogP contribution >= 0.6 is 0 Å². The topological polar surface area (TPSA) is 77.8 Å². The minimum absolute atomic E-state index is 0.0724. The molecule has 4 aliphatic carbocycles. The molecule has 0 aromatic carbocycles. The third kappa shape index (κ3) is 4.17. The van der Waals surface area contributed by atoms with Crippen LogP contribution < -0.4 is 0 Å². The van der Waals surface area contributed by atoms with Gasteiger partial charge in [-0.15, -0.1) is 0 Å². The van der Waals surface area contributed by atoms with E-state index in [2.05, 4.69) is 20.8 Å². The first-order chi connectivity index (χ1) is 14.9. The summed E-state index contributed by atoms with van der Waals surface area (Å²) in [6.45, 7) is 11.2. The maximum atomic E-state index is 12.4. The zero-order chi connectivity index (χ0) is 23.5. The number of aliphatic carboxylic acids is 1. The van der Waals surface area contributed by atoms with Gasteiger partial charge in [0.2, 0.25) is 0 Å².